The molecule has 100 valence electrons. The first-order valence-corrected chi connectivity index (χ1v) is 5.55. The summed E-state index contributed by atoms with van der Waals surface area (Å²) in [6, 6.07) is 0. The molecule has 0 aromatic carbocycles. The molecule has 0 radical (unpaired) electrons. The van der Waals surface area contributed by atoms with Crippen LogP contribution in [0.5, 0.6) is 0 Å². The number of anilines is 2. The Balaban J connectivity index is 3.31. The Kier molecular flexibility index (Phi) is 4.02. The standard InChI is InChI=1S/C10H18N6O2/c1-5-10(2,3)15(4)8-7(16(17)18)6-12-9(13-8)14-11/h6H,5,11H2,1-4H3,(H,12,13,14). The van der Waals surface area contributed by atoms with Crippen molar-refractivity contribution in [3.05, 3.63) is 16.3 Å². The molecule has 0 fully saturated rings. The van der Waals surface area contributed by atoms with Crippen LogP contribution in [0.25, 0.3) is 0 Å². The monoisotopic (exact) mass is 254 g/mol. The minimum absolute atomic E-state index is 0.141. The minimum Gasteiger partial charge on any atom is -0.349 e. The van der Waals surface area contributed by atoms with Gasteiger partial charge < -0.3 is 4.90 Å². The van der Waals surface area contributed by atoms with E-state index in [-0.39, 0.29) is 23.0 Å². The number of hydrogen-bond acceptors (Lipinski definition) is 7. The zero-order valence-electron chi connectivity index (χ0n) is 11.0. The summed E-state index contributed by atoms with van der Waals surface area (Å²) in [4.78, 5) is 20.1. The summed E-state index contributed by atoms with van der Waals surface area (Å²) < 4.78 is 0. The van der Waals surface area contributed by atoms with Crippen LogP contribution in [0.1, 0.15) is 27.2 Å². The number of nitrogens with two attached hydrogens (primary N) is 1. The fourth-order valence-electron chi connectivity index (χ4n) is 1.34. The Bertz CT molecular complexity index is 448. The summed E-state index contributed by atoms with van der Waals surface area (Å²) in [6.45, 7) is 5.97. The van der Waals surface area contributed by atoms with Crippen LogP contribution >= 0.6 is 0 Å². The first-order valence-electron chi connectivity index (χ1n) is 5.55. The lowest BCUT2D eigenvalue weighted by atomic mass is 10.00. The van der Waals surface area contributed by atoms with Crippen molar-refractivity contribution >= 4 is 17.5 Å². The van der Waals surface area contributed by atoms with Crippen molar-refractivity contribution < 1.29 is 4.92 Å². The molecule has 1 aromatic heterocycles. The van der Waals surface area contributed by atoms with Gasteiger partial charge in [0, 0.05) is 12.6 Å². The van der Waals surface area contributed by atoms with Gasteiger partial charge in [0.05, 0.1) is 4.92 Å². The van der Waals surface area contributed by atoms with E-state index in [0.717, 1.165) is 12.6 Å². The van der Waals surface area contributed by atoms with E-state index in [1.165, 1.54) is 0 Å². The molecule has 8 heteroatoms. The van der Waals surface area contributed by atoms with E-state index < -0.39 is 4.92 Å². The molecule has 8 nitrogen and oxygen atoms in total. The van der Waals surface area contributed by atoms with Gasteiger partial charge in [0.2, 0.25) is 11.8 Å². The molecule has 3 N–H and O–H groups in total. The predicted octanol–water partition coefficient (Wildman–Crippen LogP) is 1.30. The molecule has 0 unspecified atom stereocenters. The van der Waals surface area contributed by atoms with Crippen LogP contribution in [0.4, 0.5) is 17.5 Å². The molecular formula is C10H18N6O2. The van der Waals surface area contributed by atoms with Crippen LogP contribution in [0.3, 0.4) is 0 Å². The molecule has 0 amide bonds. The van der Waals surface area contributed by atoms with E-state index >= 15 is 0 Å². The van der Waals surface area contributed by atoms with Crippen molar-refractivity contribution in [2.24, 2.45) is 5.84 Å². The number of aromatic nitrogens is 2. The van der Waals surface area contributed by atoms with Gasteiger partial charge >= 0.3 is 5.69 Å². The smallest absolute Gasteiger partial charge is 0.329 e. The van der Waals surface area contributed by atoms with E-state index in [1.807, 2.05) is 20.8 Å². The van der Waals surface area contributed by atoms with Crippen molar-refractivity contribution in [3.63, 3.8) is 0 Å². The normalized spacial score (nSPS) is 11.2. The zero-order chi connectivity index (χ0) is 13.9. The summed E-state index contributed by atoms with van der Waals surface area (Å²) >= 11 is 0. The second-order valence-corrected chi connectivity index (χ2v) is 4.53. The van der Waals surface area contributed by atoms with E-state index in [0.29, 0.717) is 0 Å². The molecule has 0 saturated heterocycles. The highest BCUT2D eigenvalue weighted by Crippen LogP contribution is 2.31. The molecule has 18 heavy (non-hydrogen) atoms. The summed E-state index contributed by atoms with van der Waals surface area (Å²) in [5.74, 6) is 5.62. The van der Waals surface area contributed by atoms with E-state index in [4.69, 9.17) is 5.84 Å². The average molecular weight is 254 g/mol. The number of hydrazine groups is 1. The van der Waals surface area contributed by atoms with Gasteiger partial charge in [-0.2, -0.15) is 4.98 Å². The summed E-state index contributed by atoms with van der Waals surface area (Å²) in [5, 5.41) is 11.0. The molecule has 1 rings (SSSR count). The van der Waals surface area contributed by atoms with Crippen molar-refractivity contribution in [2.75, 3.05) is 17.4 Å². The third-order valence-corrected chi connectivity index (χ3v) is 3.17. The highest BCUT2D eigenvalue weighted by molar-refractivity contribution is 5.59. The molecular weight excluding hydrogens is 236 g/mol. The van der Waals surface area contributed by atoms with Crippen molar-refractivity contribution in [2.45, 2.75) is 32.7 Å². The predicted molar refractivity (Wildman–Crippen MR) is 69.3 cm³/mol. The van der Waals surface area contributed by atoms with Gasteiger partial charge in [0.15, 0.2) is 0 Å². The molecule has 0 saturated carbocycles. The third kappa shape index (κ3) is 2.65. The second-order valence-electron chi connectivity index (χ2n) is 4.53. The molecule has 1 heterocycles. The van der Waals surface area contributed by atoms with Crippen LogP contribution in [0.2, 0.25) is 0 Å². The Hall–Kier alpha value is -1.96. The Morgan fingerprint density at radius 1 is 1.61 bits per heavy atom. The maximum absolute atomic E-state index is 11.0. The number of hydrogen-bond donors (Lipinski definition) is 2. The molecule has 0 bridgehead atoms. The molecule has 0 aliphatic rings. The van der Waals surface area contributed by atoms with Gasteiger partial charge in [-0.05, 0) is 20.3 Å². The van der Waals surface area contributed by atoms with E-state index in [1.54, 1.807) is 11.9 Å². The number of nitro groups is 1. The fourth-order valence-corrected chi connectivity index (χ4v) is 1.34. The molecule has 0 spiro atoms. The number of rotatable bonds is 5. The van der Waals surface area contributed by atoms with Gasteiger partial charge in [-0.3, -0.25) is 15.5 Å². The highest BCUT2D eigenvalue weighted by atomic mass is 16.6. The van der Waals surface area contributed by atoms with Gasteiger partial charge in [-0.15, -0.1) is 0 Å². The molecule has 0 aliphatic heterocycles. The fraction of sp³-hybridized carbons (Fsp3) is 0.600. The lowest BCUT2D eigenvalue weighted by Gasteiger charge is -2.35. The quantitative estimate of drug-likeness (QED) is 0.462. The first kappa shape index (κ1) is 14.1. The van der Waals surface area contributed by atoms with Crippen LogP contribution in [0.15, 0.2) is 6.20 Å². The van der Waals surface area contributed by atoms with E-state index in [2.05, 4.69) is 15.4 Å². The van der Waals surface area contributed by atoms with Gasteiger partial charge in [-0.1, -0.05) is 6.92 Å². The second kappa shape index (κ2) is 5.13. The Morgan fingerprint density at radius 2 is 2.22 bits per heavy atom. The van der Waals surface area contributed by atoms with Crippen LogP contribution < -0.4 is 16.2 Å². The van der Waals surface area contributed by atoms with Crippen molar-refractivity contribution in [3.8, 4) is 0 Å². The van der Waals surface area contributed by atoms with E-state index in [9.17, 15) is 10.1 Å². The van der Waals surface area contributed by atoms with Crippen LogP contribution in [0, 0.1) is 10.1 Å². The first-order chi connectivity index (χ1) is 8.33. The SMILES string of the molecule is CCC(C)(C)N(C)c1nc(NN)ncc1[N+](=O)[O-]. The summed E-state index contributed by atoms with van der Waals surface area (Å²) in [7, 11) is 1.76. The Labute approximate surface area is 105 Å². The van der Waals surface area contributed by atoms with Gasteiger partial charge in [0.25, 0.3) is 0 Å². The maximum atomic E-state index is 11.0. The maximum Gasteiger partial charge on any atom is 0.329 e. The Morgan fingerprint density at radius 3 is 2.67 bits per heavy atom. The number of nitrogen functional groups attached to an aromatic ring is 1. The largest absolute Gasteiger partial charge is 0.349 e. The van der Waals surface area contributed by atoms with Crippen LogP contribution in [-0.2, 0) is 0 Å². The van der Waals surface area contributed by atoms with Crippen molar-refractivity contribution in [1.82, 2.24) is 9.97 Å². The topological polar surface area (TPSA) is 110 Å². The number of nitrogens with one attached hydrogen (secondary N) is 1. The summed E-state index contributed by atoms with van der Waals surface area (Å²) in [5.41, 5.74) is 1.89. The van der Waals surface area contributed by atoms with Gasteiger partial charge in [-0.25, -0.2) is 10.8 Å². The molecule has 0 atom stereocenters. The lowest BCUT2D eigenvalue weighted by molar-refractivity contribution is -0.384. The zero-order valence-corrected chi connectivity index (χ0v) is 11.0. The average Bonchev–Trinajstić information content (AvgIpc) is 2.36. The van der Waals surface area contributed by atoms with Gasteiger partial charge in [0.1, 0.15) is 6.20 Å². The van der Waals surface area contributed by atoms with Crippen molar-refractivity contribution in [1.29, 1.82) is 0 Å². The number of nitrogens with zero attached hydrogens (tertiary/aromatic N) is 4. The molecule has 0 aliphatic carbocycles. The minimum atomic E-state index is -0.502. The highest BCUT2D eigenvalue weighted by Gasteiger charge is 2.29. The van der Waals surface area contributed by atoms with Crippen LogP contribution in [-0.4, -0.2) is 27.5 Å². The lowest BCUT2D eigenvalue weighted by Crippen LogP contribution is -2.41. The molecule has 1 aromatic rings. The summed E-state index contributed by atoms with van der Waals surface area (Å²) in [6.07, 6.45) is 1.97. The third-order valence-electron chi connectivity index (χ3n) is 3.17.